The van der Waals surface area contributed by atoms with E-state index in [9.17, 15) is 4.79 Å². The number of carbonyl (C=O) groups excluding carboxylic acids is 1. The Morgan fingerprint density at radius 1 is 0.929 bits per heavy atom. The van der Waals surface area contributed by atoms with Crippen LogP contribution in [-0.2, 0) is 4.79 Å². The summed E-state index contributed by atoms with van der Waals surface area (Å²) in [5, 5.41) is 0. The van der Waals surface area contributed by atoms with Crippen LogP contribution in [0.3, 0.4) is 0 Å². The lowest BCUT2D eigenvalue weighted by Gasteiger charge is -1.96. The summed E-state index contributed by atoms with van der Waals surface area (Å²) in [4.78, 5) is 9.97. The van der Waals surface area contributed by atoms with Gasteiger partial charge in [0.25, 0.3) is 0 Å². The van der Waals surface area contributed by atoms with Gasteiger partial charge in [0.05, 0.1) is 0 Å². The molecule has 0 bridgehead atoms. The second-order valence-corrected chi connectivity index (χ2v) is 3.58. The highest BCUT2D eigenvalue weighted by molar-refractivity contribution is 5.49. The number of hydrogen-bond donors (Lipinski definition) is 0. The van der Waals surface area contributed by atoms with Crippen LogP contribution in [0.5, 0.6) is 0 Å². The van der Waals surface area contributed by atoms with Crippen LogP contribution in [0.25, 0.3) is 0 Å². The fourth-order valence-corrected chi connectivity index (χ4v) is 1.30. The lowest BCUT2D eigenvalue weighted by molar-refractivity contribution is -0.107. The van der Waals surface area contributed by atoms with Crippen molar-refractivity contribution in [1.29, 1.82) is 0 Å². The normalized spacial score (nSPS) is 9.21. The lowest BCUT2D eigenvalue weighted by atomic mass is 10.1. The minimum Gasteiger partial charge on any atom is -0.303 e. The molecule has 0 atom stereocenters. The Balaban J connectivity index is 3.03. The van der Waals surface area contributed by atoms with E-state index < -0.39 is 0 Å². The number of unbranched alkanes of at least 4 members (excludes halogenated alkanes) is 7. The average molecular weight is 194 g/mol. The van der Waals surface area contributed by atoms with E-state index in [4.69, 9.17) is 0 Å². The van der Waals surface area contributed by atoms with E-state index in [0.717, 1.165) is 19.1 Å². The van der Waals surface area contributed by atoms with Gasteiger partial charge in [-0.3, -0.25) is 0 Å². The summed E-state index contributed by atoms with van der Waals surface area (Å²) in [6.07, 6.45) is 11.2. The molecule has 0 rings (SSSR count). The summed E-state index contributed by atoms with van der Waals surface area (Å²) in [7, 11) is 0. The van der Waals surface area contributed by atoms with E-state index in [-0.39, 0.29) is 0 Å². The van der Waals surface area contributed by atoms with E-state index in [2.05, 4.69) is 18.8 Å². The van der Waals surface area contributed by atoms with Crippen molar-refractivity contribution in [3.63, 3.8) is 0 Å². The third-order valence-electron chi connectivity index (χ3n) is 2.17. The summed E-state index contributed by atoms with van der Waals surface area (Å²) in [6, 6.07) is 0. The highest BCUT2D eigenvalue weighted by Gasteiger charge is 1.87. The van der Waals surface area contributed by atoms with Crippen LogP contribution in [-0.4, -0.2) is 6.29 Å². The van der Waals surface area contributed by atoms with Crippen LogP contribution in [0.1, 0.15) is 64.7 Å². The molecule has 0 amide bonds. The van der Waals surface area contributed by atoms with Gasteiger partial charge in [-0.15, -0.1) is 11.8 Å². The van der Waals surface area contributed by atoms with Gasteiger partial charge in [-0.2, -0.15) is 0 Å². The van der Waals surface area contributed by atoms with E-state index in [1.54, 1.807) is 0 Å². The molecule has 0 saturated carbocycles. The van der Waals surface area contributed by atoms with Crippen molar-refractivity contribution in [1.82, 2.24) is 0 Å². The van der Waals surface area contributed by atoms with Crippen molar-refractivity contribution in [2.75, 3.05) is 0 Å². The Bertz CT molecular complexity index is 173. The molecule has 0 unspecified atom stereocenters. The van der Waals surface area contributed by atoms with Gasteiger partial charge in [0, 0.05) is 19.3 Å². The third-order valence-corrected chi connectivity index (χ3v) is 2.17. The molecule has 14 heavy (non-hydrogen) atoms. The smallest absolute Gasteiger partial charge is 0.120 e. The topological polar surface area (TPSA) is 17.1 Å². The molecule has 0 aliphatic heterocycles. The molecular weight excluding hydrogens is 172 g/mol. The summed E-state index contributed by atoms with van der Waals surface area (Å²) in [5.74, 6) is 6.11. The first kappa shape index (κ1) is 13.2. The molecule has 0 aromatic carbocycles. The van der Waals surface area contributed by atoms with Crippen LogP contribution in [0.15, 0.2) is 0 Å². The van der Waals surface area contributed by atoms with Crippen molar-refractivity contribution in [2.45, 2.75) is 64.7 Å². The molecule has 1 nitrogen and oxygen atoms in total. The Kier molecular flexibility index (Phi) is 11.6. The molecule has 0 spiro atoms. The second kappa shape index (κ2) is 12.2. The fourth-order valence-electron chi connectivity index (χ4n) is 1.30. The van der Waals surface area contributed by atoms with Gasteiger partial charge in [0.1, 0.15) is 6.29 Å². The van der Waals surface area contributed by atoms with Crippen molar-refractivity contribution in [3.05, 3.63) is 0 Å². The Morgan fingerprint density at radius 2 is 1.57 bits per heavy atom. The van der Waals surface area contributed by atoms with Crippen molar-refractivity contribution < 1.29 is 4.79 Å². The standard InChI is InChI=1S/C13H22O/c1-2-3-4-5-6-7-8-9-10-11-12-13-14/h13H,2-8,11-12H2,1H3. The molecule has 80 valence electrons. The van der Waals surface area contributed by atoms with Crippen molar-refractivity contribution in [2.24, 2.45) is 0 Å². The summed E-state index contributed by atoms with van der Waals surface area (Å²) in [5.41, 5.74) is 0. The minimum absolute atomic E-state index is 0.587. The van der Waals surface area contributed by atoms with E-state index in [0.29, 0.717) is 6.42 Å². The molecule has 0 saturated heterocycles. The minimum atomic E-state index is 0.587. The second-order valence-electron chi connectivity index (χ2n) is 3.58. The molecule has 0 aromatic heterocycles. The van der Waals surface area contributed by atoms with E-state index in [1.165, 1.54) is 38.5 Å². The summed E-state index contributed by atoms with van der Waals surface area (Å²) >= 11 is 0. The maximum Gasteiger partial charge on any atom is 0.120 e. The highest BCUT2D eigenvalue weighted by Crippen LogP contribution is 2.06. The van der Waals surface area contributed by atoms with Crippen LogP contribution in [0, 0.1) is 11.8 Å². The Hall–Kier alpha value is -0.770. The van der Waals surface area contributed by atoms with Gasteiger partial charge < -0.3 is 4.79 Å². The number of aldehydes is 1. The first-order chi connectivity index (χ1) is 6.91. The molecule has 0 heterocycles. The van der Waals surface area contributed by atoms with Gasteiger partial charge >= 0.3 is 0 Å². The zero-order valence-electron chi connectivity index (χ0n) is 9.35. The third kappa shape index (κ3) is 11.2. The quantitative estimate of drug-likeness (QED) is 0.327. The van der Waals surface area contributed by atoms with Crippen molar-refractivity contribution >= 4 is 6.29 Å². The SMILES string of the molecule is CCCCCCCCC#CCCC=O. The number of hydrogen-bond acceptors (Lipinski definition) is 1. The predicted octanol–water partition coefficient (Wildman–Crippen LogP) is 3.72. The molecular formula is C13H22O. The maximum atomic E-state index is 9.97. The predicted molar refractivity (Wildman–Crippen MR) is 61.1 cm³/mol. The highest BCUT2D eigenvalue weighted by atomic mass is 16.1. The summed E-state index contributed by atoms with van der Waals surface area (Å²) in [6.45, 7) is 2.23. The molecule has 0 aliphatic carbocycles. The number of rotatable bonds is 8. The monoisotopic (exact) mass is 194 g/mol. The van der Waals surface area contributed by atoms with Gasteiger partial charge in [0.2, 0.25) is 0 Å². The first-order valence-corrected chi connectivity index (χ1v) is 5.81. The van der Waals surface area contributed by atoms with Crippen LogP contribution >= 0.6 is 0 Å². The zero-order chi connectivity index (χ0) is 10.5. The maximum absolute atomic E-state index is 9.97. The molecule has 1 heteroatoms. The Labute approximate surface area is 88.3 Å². The lowest BCUT2D eigenvalue weighted by Crippen LogP contribution is -1.78. The number of carbonyl (C=O) groups is 1. The largest absolute Gasteiger partial charge is 0.303 e. The van der Waals surface area contributed by atoms with Crippen LogP contribution in [0.2, 0.25) is 0 Å². The van der Waals surface area contributed by atoms with E-state index in [1.807, 2.05) is 0 Å². The molecule has 0 N–H and O–H groups in total. The van der Waals surface area contributed by atoms with Crippen LogP contribution < -0.4 is 0 Å². The van der Waals surface area contributed by atoms with Crippen LogP contribution in [0.4, 0.5) is 0 Å². The average Bonchev–Trinajstić information content (AvgIpc) is 2.21. The Morgan fingerprint density at radius 3 is 2.29 bits per heavy atom. The molecule has 0 fully saturated rings. The molecule has 0 aromatic rings. The van der Waals surface area contributed by atoms with Crippen molar-refractivity contribution in [3.8, 4) is 11.8 Å². The molecule has 0 aliphatic rings. The zero-order valence-corrected chi connectivity index (χ0v) is 9.35. The van der Waals surface area contributed by atoms with Gasteiger partial charge in [-0.1, -0.05) is 39.0 Å². The molecule has 0 radical (unpaired) electrons. The van der Waals surface area contributed by atoms with Gasteiger partial charge in [0.15, 0.2) is 0 Å². The van der Waals surface area contributed by atoms with Gasteiger partial charge in [-0.25, -0.2) is 0 Å². The first-order valence-electron chi connectivity index (χ1n) is 5.81. The van der Waals surface area contributed by atoms with E-state index >= 15 is 0 Å². The fraction of sp³-hybridized carbons (Fsp3) is 0.769. The summed E-state index contributed by atoms with van der Waals surface area (Å²) < 4.78 is 0. The van der Waals surface area contributed by atoms with Gasteiger partial charge in [-0.05, 0) is 6.42 Å².